The van der Waals surface area contributed by atoms with Crippen molar-refractivity contribution in [2.45, 2.75) is 39.2 Å². The van der Waals surface area contributed by atoms with Crippen LogP contribution in [0.15, 0.2) is 50.8 Å². The normalized spacial score (nSPS) is 12.1. The molecular weight excluding hydrogens is 508 g/mol. The average molecular weight is 531 g/mol. The summed E-state index contributed by atoms with van der Waals surface area (Å²) in [5.41, 5.74) is 0.0490. The number of hydrogen-bond donors (Lipinski definition) is 0. The van der Waals surface area contributed by atoms with Crippen LogP contribution in [0.4, 0.5) is 5.69 Å². The van der Waals surface area contributed by atoms with Crippen LogP contribution in [-0.2, 0) is 16.0 Å². The van der Waals surface area contributed by atoms with Crippen molar-refractivity contribution in [3.05, 3.63) is 72.7 Å². The number of rotatable bonds is 9. The number of esters is 1. The van der Waals surface area contributed by atoms with Crippen molar-refractivity contribution in [3.8, 4) is 5.75 Å². The van der Waals surface area contributed by atoms with Gasteiger partial charge in [-0.2, -0.15) is 9.78 Å². The zero-order chi connectivity index (χ0) is 24.8. The number of para-hydroxylation sites is 1. The van der Waals surface area contributed by atoms with E-state index in [9.17, 15) is 19.7 Å². The Morgan fingerprint density at radius 3 is 2.79 bits per heavy atom. The van der Waals surface area contributed by atoms with E-state index < -0.39 is 17.0 Å². The highest BCUT2D eigenvalue weighted by Gasteiger charge is 2.24. The predicted octanol–water partition coefficient (Wildman–Crippen LogP) is 4.23. The number of unbranched alkanes of at least 4 members (excludes halogenated alkanes) is 1. The van der Waals surface area contributed by atoms with Gasteiger partial charge in [0.1, 0.15) is 5.82 Å². The van der Waals surface area contributed by atoms with Gasteiger partial charge in [0.25, 0.3) is 5.56 Å². The SMILES string of the molecule is CCCCc1nc2ccc(Br)cc2c(=O)n1N=Cc1cccc([N+](=O)[O-])c1O[C@H](C)C(=O)OC. The first-order valence-corrected chi connectivity index (χ1v) is 11.3. The molecule has 1 aromatic heterocycles. The van der Waals surface area contributed by atoms with Gasteiger partial charge in [0.15, 0.2) is 6.10 Å². The van der Waals surface area contributed by atoms with Crippen LogP contribution in [0.2, 0.25) is 0 Å². The van der Waals surface area contributed by atoms with Crippen molar-refractivity contribution < 1.29 is 19.2 Å². The number of ether oxygens (including phenoxy) is 2. The Labute approximate surface area is 203 Å². The molecule has 178 valence electrons. The summed E-state index contributed by atoms with van der Waals surface area (Å²) >= 11 is 3.37. The maximum absolute atomic E-state index is 13.2. The minimum absolute atomic E-state index is 0.159. The number of aryl methyl sites for hydroxylation is 1. The number of aromatic nitrogens is 2. The zero-order valence-corrected chi connectivity index (χ0v) is 20.4. The number of fused-ring (bicyclic) bond motifs is 1. The highest BCUT2D eigenvalue weighted by atomic mass is 79.9. The Kier molecular flexibility index (Phi) is 8.11. The second-order valence-corrected chi connectivity index (χ2v) is 8.31. The number of carbonyl (C=O) groups is 1. The summed E-state index contributed by atoms with van der Waals surface area (Å²) in [7, 11) is 1.19. The molecule has 1 atom stereocenters. The number of nitrogens with zero attached hydrogens (tertiary/aromatic N) is 4. The van der Waals surface area contributed by atoms with Gasteiger partial charge in [-0.25, -0.2) is 9.78 Å². The van der Waals surface area contributed by atoms with E-state index >= 15 is 0 Å². The Balaban J connectivity index is 2.14. The van der Waals surface area contributed by atoms with Crippen molar-refractivity contribution >= 4 is 44.7 Å². The third-order valence-electron chi connectivity index (χ3n) is 4.99. The molecule has 0 fully saturated rings. The van der Waals surface area contributed by atoms with Crippen molar-refractivity contribution in [3.63, 3.8) is 0 Å². The lowest BCUT2D eigenvalue weighted by Gasteiger charge is -2.14. The van der Waals surface area contributed by atoms with Crippen LogP contribution < -0.4 is 10.3 Å². The molecule has 0 saturated carbocycles. The van der Waals surface area contributed by atoms with Crippen molar-refractivity contribution in [1.82, 2.24) is 9.66 Å². The van der Waals surface area contributed by atoms with E-state index in [-0.39, 0.29) is 22.6 Å². The van der Waals surface area contributed by atoms with Gasteiger partial charge >= 0.3 is 11.7 Å². The Morgan fingerprint density at radius 1 is 1.35 bits per heavy atom. The smallest absolute Gasteiger partial charge is 0.346 e. The van der Waals surface area contributed by atoms with Crippen molar-refractivity contribution in [2.75, 3.05) is 7.11 Å². The highest BCUT2D eigenvalue weighted by Crippen LogP contribution is 2.31. The maximum Gasteiger partial charge on any atom is 0.346 e. The van der Waals surface area contributed by atoms with E-state index in [1.165, 1.54) is 43.1 Å². The summed E-state index contributed by atoms with van der Waals surface area (Å²) < 4.78 is 12.1. The van der Waals surface area contributed by atoms with Crippen LogP contribution in [0.3, 0.4) is 0 Å². The molecule has 11 heteroatoms. The number of halogens is 1. The molecule has 0 unspecified atom stereocenters. The fourth-order valence-electron chi connectivity index (χ4n) is 3.24. The summed E-state index contributed by atoms with van der Waals surface area (Å²) in [4.78, 5) is 40.6. The molecule has 0 amide bonds. The van der Waals surface area contributed by atoms with Crippen LogP contribution in [0.25, 0.3) is 10.9 Å². The molecule has 0 aliphatic heterocycles. The number of nitro groups is 1. The van der Waals surface area contributed by atoms with Gasteiger partial charge in [-0.1, -0.05) is 35.3 Å². The summed E-state index contributed by atoms with van der Waals surface area (Å²) in [6.07, 6.45) is 2.40. The van der Waals surface area contributed by atoms with Crippen LogP contribution in [-0.4, -0.2) is 40.0 Å². The Bertz CT molecular complexity index is 1320. The summed E-state index contributed by atoms with van der Waals surface area (Å²) in [6.45, 7) is 3.45. The predicted molar refractivity (Wildman–Crippen MR) is 131 cm³/mol. The molecule has 3 aromatic rings. The van der Waals surface area contributed by atoms with Gasteiger partial charge in [-0.15, -0.1) is 0 Å². The third kappa shape index (κ3) is 5.48. The molecule has 34 heavy (non-hydrogen) atoms. The van der Waals surface area contributed by atoms with Crippen LogP contribution in [0.5, 0.6) is 5.75 Å². The van der Waals surface area contributed by atoms with Gasteiger partial charge in [0.2, 0.25) is 5.75 Å². The average Bonchev–Trinajstić information content (AvgIpc) is 2.82. The monoisotopic (exact) mass is 530 g/mol. The van der Waals surface area contributed by atoms with E-state index in [2.05, 4.69) is 30.8 Å². The van der Waals surface area contributed by atoms with Crippen molar-refractivity contribution in [1.29, 1.82) is 0 Å². The highest BCUT2D eigenvalue weighted by molar-refractivity contribution is 9.10. The molecule has 0 aliphatic rings. The summed E-state index contributed by atoms with van der Waals surface area (Å²) in [5.74, 6) is -0.383. The van der Waals surface area contributed by atoms with Gasteiger partial charge in [0, 0.05) is 22.5 Å². The Hall–Kier alpha value is -3.60. The first-order valence-electron chi connectivity index (χ1n) is 10.5. The quantitative estimate of drug-likeness (QED) is 0.175. The van der Waals surface area contributed by atoms with Gasteiger partial charge < -0.3 is 9.47 Å². The third-order valence-corrected chi connectivity index (χ3v) is 5.48. The van der Waals surface area contributed by atoms with Gasteiger partial charge in [0.05, 0.1) is 29.2 Å². The lowest BCUT2D eigenvalue weighted by Crippen LogP contribution is -2.26. The number of hydrogen-bond acceptors (Lipinski definition) is 8. The summed E-state index contributed by atoms with van der Waals surface area (Å²) in [5, 5.41) is 16.3. The first kappa shape index (κ1) is 25.0. The second-order valence-electron chi connectivity index (χ2n) is 7.39. The number of methoxy groups -OCH3 is 1. The molecule has 10 nitrogen and oxygen atoms in total. The lowest BCUT2D eigenvalue weighted by molar-refractivity contribution is -0.386. The molecule has 0 radical (unpaired) electrons. The maximum atomic E-state index is 13.2. The molecule has 0 saturated heterocycles. The van der Waals surface area contributed by atoms with E-state index in [1.54, 1.807) is 18.2 Å². The van der Waals surface area contributed by atoms with Gasteiger partial charge in [-0.05, 0) is 37.6 Å². The van der Waals surface area contributed by atoms with E-state index in [0.29, 0.717) is 23.1 Å². The lowest BCUT2D eigenvalue weighted by atomic mass is 10.2. The molecule has 0 bridgehead atoms. The van der Waals surface area contributed by atoms with E-state index in [4.69, 9.17) is 4.74 Å². The summed E-state index contributed by atoms with van der Waals surface area (Å²) in [6, 6.07) is 9.49. The molecule has 0 N–H and O–H groups in total. The second kappa shape index (κ2) is 11.0. The molecule has 0 aliphatic carbocycles. The van der Waals surface area contributed by atoms with E-state index in [0.717, 1.165) is 17.3 Å². The van der Waals surface area contributed by atoms with Crippen LogP contribution in [0.1, 0.15) is 38.1 Å². The molecule has 3 rings (SSSR count). The fourth-order valence-corrected chi connectivity index (χ4v) is 3.60. The minimum Gasteiger partial charge on any atom is -0.471 e. The number of carbonyl (C=O) groups excluding carboxylic acids is 1. The van der Waals surface area contributed by atoms with Gasteiger partial charge in [-0.3, -0.25) is 14.9 Å². The molecular formula is C23H23BrN4O6. The topological polar surface area (TPSA) is 126 Å². The van der Waals surface area contributed by atoms with Crippen molar-refractivity contribution in [2.24, 2.45) is 5.10 Å². The van der Waals surface area contributed by atoms with Crippen LogP contribution >= 0.6 is 15.9 Å². The molecule has 0 spiro atoms. The fraction of sp³-hybridized carbons (Fsp3) is 0.304. The van der Waals surface area contributed by atoms with Crippen LogP contribution in [0, 0.1) is 10.1 Å². The molecule has 2 aromatic carbocycles. The van der Waals surface area contributed by atoms with E-state index in [1.807, 2.05) is 6.92 Å². The first-order chi connectivity index (χ1) is 16.3. The number of benzene rings is 2. The Morgan fingerprint density at radius 2 is 2.12 bits per heavy atom. The minimum atomic E-state index is -1.10. The zero-order valence-electron chi connectivity index (χ0n) is 18.9. The standard InChI is InChI=1S/C23H23BrN4O6/c1-4-5-9-20-26-18-11-10-16(24)12-17(18)22(29)27(20)25-13-15-7-6-8-19(28(31)32)21(15)34-14(2)23(30)33-3/h6-8,10-14H,4-5,9H2,1-3H3/t14-/m1/s1. The number of nitro benzene ring substituents is 1. The molecule has 1 heterocycles. The largest absolute Gasteiger partial charge is 0.471 e.